The normalized spacial score (nSPS) is 15.6. The Morgan fingerprint density at radius 2 is 1.34 bits per heavy atom. The number of aliphatic imine (C=N–C) groups is 1. The number of guanidine groups is 1. The van der Waals surface area contributed by atoms with Crippen molar-refractivity contribution in [1.82, 2.24) is 57.4 Å². The number of amides is 9. The van der Waals surface area contributed by atoms with E-state index in [2.05, 4.69) is 57.5 Å². The number of aromatic nitrogens is 2. The monoisotopic (exact) mass is 1090 g/mol. The van der Waals surface area contributed by atoms with Gasteiger partial charge in [0.1, 0.15) is 41.9 Å². The lowest BCUT2D eigenvalue weighted by Gasteiger charge is -2.30. The lowest BCUT2D eigenvalue weighted by Crippen LogP contribution is -2.59. The molecule has 7 atom stereocenters. The predicted octanol–water partition coefficient (Wildman–Crippen LogP) is -5.91. The molecular formula is C48H88N20O9. The summed E-state index contributed by atoms with van der Waals surface area (Å²) in [5, 5.41) is 21.1. The molecule has 0 bridgehead atoms. The topological polar surface area (TPSA) is 502 Å². The van der Waals surface area contributed by atoms with Crippen molar-refractivity contribution in [3.8, 4) is 0 Å². The molecule has 29 heteroatoms. The first-order valence-electron chi connectivity index (χ1n) is 26.6. The van der Waals surface area contributed by atoms with Gasteiger partial charge in [-0.25, -0.2) is 4.98 Å². The highest BCUT2D eigenvalue weighted by Crippen LogP contribution is 2.20. The second-order valence-electron chi connectivity index (χ2n) is 18.7. The van der Waals surface area contributed by atoms with Gasteiger partial charge in [0.25, 0.3) is 5.91 Å². The second-order valence-corrected chi connectivity index (χ2v) is 18.7. The molecular weight excluding hydrogens is 1000 g/mol. The van der Waals surface area contributed by atoms with Crippen LogP contribution < -0.4 is 88.4 Å². The number of H-pyrrole nitrogens is 1. The van der Waals surface area contributed by atoms with Crippen LogP contribution in [-0.2, 0) is 49.6 Å². The quantitative estimate of drug-likeness (QED) is 0.0126. The Hall–Kier alpha value is -6.79. The molecule has 77 heavy (non-hydrogen) atoms. The molecule has 1 aliphatic rings. The molecule has 0 aromatic carbocycles. The van der Waals surface area contributed by atoms with Crippen LogP contribution in [-0.4, -0.2) is 175 Å². The van der Waals surface area contributed by atoms with Crippen LogP contribution in [0.2, 0.25) is 0 Å². The first-order chi connectivity index (χ1) is 36.9. The van der Waals surface area contributed by atoms with Crippen LogP contribution in [0, 0.1) is 0 Å². The molecule has 0 unspecified atom stereocenters. The maximum absolute atomic E-state index is 14.3. The minimum atomic E-state index is -1.31. The number of rotatable bonds is 39. The molecule has 0 aliphatic carbocycles. The Morgan fingerprint density at radius 1 is 0.701 bits per heavy atom. The standard InChI is InChI=1S/C48H88N20O9/c1-30(62-43(73)35(17-22-53)64-41(71)32(54)12-3-6-19-50)40(70)60-28-39(69)63-36(14-9-21-52)47(77)68-25-11-16-38(68)46(76)67-37(26-31-27-57-29-61-31)45(75)66-34(13-4-7-20-51)44(74)65-33(15-10-24-59-48(55)56)42(72)58-23-8-2-5-18-49/h15,27,29-30,32,34-38H,2-14,16-26,28,49-54H2,1H3,(H,57,61)(H,58,72)(H,60,70)(H,62,73)(H,63,69)(H,64,71)(H,65,74)(H,66,75)(H,67,76)(H4,55,56,59)/b33-15-/t30-,32-,34-,35-,36+,37-,38-/m0/s1. The number of nitrogens with two attached hydrogens (primary N) is 8. The zero-order valence-electron chi connectivity index (χ0n) is 44.6. The molecule has 1 aromatic heterocycles. The van der Waals surface area contributed by atoms with Gasteiger partial charge in [0.05, 0.1) is 18.9 Å². The molecule has 2 rings (SSSR count). The number of nitrogens with one attached hydrogen (secondary N) is 9. The summed E-state index contributed by atoms with van der Waals surface area (Å²) in [7, 11) is 0. The molecule has 25 N–H and O–H groups in total. The maximum atomic E-state index is 14.3. The van der Waals surface area contributed by atoms with Crippen LogP contribution in [0.5, 0.6) is 0 Å². The van der Waals surface area contributed by atoms with Gasteiger partial charge in [-0.1, -0.05) is 18.9 Å². The Morgan fingerprint density at radius 3 is 1.99 bits per heavy atom. The summed E-state index contributed by atoms with van der Waals surface area (Å²) in [5.41, 5.74) is 45.6. The minimum Gasteiger partial charge on any atom is -0.370 e. The summed E-state index contributed by atoms with van der Waals surface area (Å²) < 4.78 is 0. The zero-order chi connectivity index (χ0) is 57.1. The lowest BCUT2D eigenvalue weighted by atomic mass is 10.1. The van der Waals surface area contributed by atoms with Gasteiger partial charge < -0.3 is 98.3 Å². The van der Waals surface area contributed by atoms with E-state index in [-0.39, 0.29) is 76.4 Å². The summed E-state index contributed by atoms with van der Waals surface area (Å²) in [6.07, 6.45) is 10.4. The molecule has 0 spiro atoms. The van der Waals surface area contributed by atoms with Gasteiger partial charge in [0.15, 0.2) is 5.96 Å². The lowest BCUT2D eigenvalue weighted by molar-refractivity contribution is -0.142. The van der Waals surface area contributed by atoms with Crippen LogP contribution in [0.4, 0.5) is 0 Å². The Balaban J connectivity index is 2.23. The number of aromatic amines is 1. The molecule has 1 aromatic rings. The first-order valence-corrected chi connectivity index (χ1v) is 26.6. The summed E-state index contributed by atoms with van der Waals surface area (Å²) in [4.78, 5) is 134. The van der Waals surface area contributed by atoms with Gasteiger partial charge in [0, 0.05) is 37.9 Å². The van der Waals surface area contributed by atoms with Crippen molar-refractivity contribution in [2.24, 2.45) is 50.9 Å². The van der Waals surface area contributed by atoms with Gasteiger partial charge in [-0.2, -0.15) is 0 Å². The number of likely N-dealkylation sites (tertiary alicyclic amines) is 1. The Kier molecular flexibility index (Phi) is 32.6. The van der Waals surface area contributed by atoms with Crippen molar-refractivity contribution in [2.75, 3.05) is 58.9 Å². The third-order valence-electron chi connectivity index (χ3n) is 12.4. The van der Waals surface area contributed by atoms with Crippen molar-refractivity contribution in [2.45, 2.75) is 152 Å². The van der Waals surface area contributed by atoms with Crippen LogP contribution in [0.3, 0.4) is 0 Å². The largest absolute Gasteiger partial charge is 0.370 e. The average molecular weight is 1090 g/mol. The number of hydrogen-bond acceptors (Lipinski definition) is 17. The molecule has 1 saturated heterocycles. The second kappa shape index (κ2) is 37.9. The van der Waals surface area contributed by atoms with Crippen molar-refractivity contribution in [1.29, 1.82) is 0 Å². The summed E-state index contributed by atoms with van der Waals surface area (Å²) in [6, 6.07) is -7.88. The van der Waals surface area contributed by atoms with E-state index >= 15 is 0 Å². The van der Waals surface area contributed by atoms with E-state index in [9.17, 15) is 43.2 Å². The fourth-order valence-electron chi connectivity index (χ4n) is 8.08. The fraction of sp³-hybridized carbons (Fsp3) is 0.688. The van der Waals surface area contributed by atoms with E-state index < -0.39 is 102 Å². The van der Waals surface area contributed by atoms with E-state index in [1.807, 2.05) is 0 Å². The highest BCUT2D eigenvalue weighted by atomic mass is 16.2. The molecule has 2 heterocycles. The third kappa shape index (κ3) is 25.7. The molecule has 1 aliphatic heterocycles. The highest BCUT2D eigenvalue weighted by Gasteiger charge is 2.39. The van der Waals surface area contributed by atoms with Gasteiger partial charge in [0.2, 0.25) is 47.3 Å². The molecule has 29 nitrogen and oxygen atoms in total. The fourth-order valence-corrected chi connectivity index (χ4v) is 8.08. The van der Waals surface area contributed by atoms with Crippen molar-refractivity contribution in [3.63, 3.8) is 0 Å². The van der Waals surface area contributed by atoms with E-state index in [1.54, 1.807) is 0 Å². The van der Waals surface area contributed by atoms with Gasteiger partial charge >= 0.3 is 0 Å². The minimum absolute atomic E-state index is 0.0444. The Labute approximate surface area is 450 Å². The van der Waals surface area contributed by atoms with Gasteiger partial charge in [-0.05, 0) is 123 Å². The first kappa shape index (κ1) is 66.3. The molecule has 0 saturated carbocycles. The smallest absolute Gasteiger partial charge is 0.267 e. The number of carbonyl (C=O) groups excluding carboxylic acids is 9. The van der Waals surface area contributed by atoms with E-state index in [0.717, 1.165) is 12.8 Å². The third-order valence-corrected chi connectivity index (χ3v) is 12.4. The zero-order valence-corrected chi connectivity index (χ0v) is 44.6. The summed E-state index contributed by atoms with van der Waals surface area (Å²) in [5.74, 6) is -6.21. The van der Waals surface area contributed by atoms with Crippen molar-refractivity contribution < 1.29 is 43.2 Å². The summed E-state index contributed by atoms with van der Waals surface area (Å²) >= 11 is 0. The van der Waals surface area contributed by atoms with E-state index in [1.165, 1.54) is 30.4 Å². The van der Waals surface area contributed by atoms with E-state index in [0.29, 0.717) is 83.2 Å². The SMILES string of the molecule is C[C@H](NC(=O)[C@H](CCN)NC(=O)[C@@H](N)CCCCN)C(=O)NCC(=O)N[C@H](CCCN)C(=O)N1CCC[C@H]1C(=O)N[C@@H](Cc1cnc[nH]1)C(=O)N[C@@H](CCCCN)C(=O)N/C(=C\CCN=C(N)N)C(=O)NCCCCCN. The van der Waals surface area contributed by atoms with Gasteiger partial charge in [-0.15, -0.1) is 0 Å². The molecule has 9 amide bonds. The number of unbranched alkanes of at least 4 members (excludes halogenated alkanes) is 4. The number of carbonyl (C=O) groups is 9. The number of hydrogen-bond donors (Lipinski definition) is 17. The van der Waals surface area contributed by atoms with Crippen molar-refractivity contribution >= 4 is 59.1 Å². The van der Waals surface area contributed by atoms with Crippen LogP contribution in [0.25, 0.3) is 0 Å². The van der Waals surface area contributed by atoms with Crippen LogP contribution in [0.1, 0.15) is 109 Å². The predicted molar refractivity (Wildman–Crippen MR) is 289 cm³/mol. The van der Waals surface area contributed by atoms with Crippen molar-refractivity contribution in [3.05, 3.63) is 30.0 Å². The number of nitrogens with zero attached hydrogens (tertiary/aromatic N) is 3. The maximum Gasteiger partial charge on any atom is 0.267 e. The highest BCUT2D eigenvalue weighted by molar-refractivity contribution is 6.00. The summed E-state index contributed by atoms with van der Waals surface area (Å²) in [6.45, 7) is 2.84. The molecule has 0 radical (unpaired) electrons. The van der Waals surface area contributed by atoms with Crippen LogP contribution in [0.15, 0.2) is 29.3 Å². The van der Waals surface area contributed by atoms with Crippen LogP contribution >= 0.6 is 0 Å². The number of imidazole rings is 1. The Bertz CT molecular complexity index is 2070. The van der Waals surface area contributed by atoms with E-state index in [4.69, 9.17) is 45.9 Å². The van der Waals surface area contributed by atoms with Gasteiger partial charge in [-0.3, -0.25) is 48.1 Å². The molecule has 1 fully saturated rings. The average Bonchev–Trinajstić information content (AvgIpc) is 4.12. The molecule has 434 valence electrons.